The third kappa shape index (κ3) is 5.23. The van der Waals surface area contributed by atoms with Crippen molar-refractivity contribution in [2.24, 2.45) is 11.8 Å². The number of carboxylic acid groups (broad SMARTS) is 1. The van der Waals surface area contributed by atoms with Crippen LogP contribution in [0.25, 0.3) is 10.9 Å². The average molecular weight is 455 g/mol. The van der Waals surface area contributed by atoms with Crippen LogP contribution in [0.1, 0.15) is 75.3 Å². The lowest BCUT2D eigenvalue weighted by Crippen LogP contribution is -2.47. The summed E-state index contributed by atoms with van der Waals surface area (Å²) in [6.45, 7) is 6.07. The second-order valence-corrected chi connectivity index (χ2v) is 10.5. The zero-order valence-corrected chi connectivity index (χ0v) is 19.7. The van der Waals surface area contributed by atoms with Crippen LogP contribution >= 0.6 is 0 Å². The summed E-state index contributed by atoms with van der Waals surface area (Å²) < 4.78 is 5.65. The molecule has 0 unspecified atom stereocenters. The van der Waals surface area contributed by atoms with Gasteiger partial charge in [-0.1, -0.05) is 38.2 Å². The summed E-state index contributed by atoms with van der Waals surface area (Å²) in [4.78, 5) is 42.4. The molecule has 2 N–H and O–H groups in total. The van der Waals surface area contributed by atoms with Gasteiger partial charge in [0.1, 0.15) is 11.3 Å². The van der Waals surface area contributed by atoms with E-state index < -0.39 is 23.7 Å². The zero-order valence-electron chi connectivity index (χ0n) is 19.7. The number of ketones is 1. The van der Waals surface area contributed by atoms with E-state index in [9.17, 15) is 19.5 Å². The van der Waals surface area contributed by atoms with Crippen molar-refractivity contribution in [3.63, 3.8) is 0 Å². The van der Waals surface area contributed by atoms with Gasteiger partial charge in [-0.3, -0.25) is 9.69 Å². The summed E-state index contributed by atoms with van der Waals surface area (Å²) in [5.74, 6) is -0.356. The Balaban J connectivity index is 1.57. The molecule has 1 aromatic carbocycles. The number of rotatable bonds is 5. The number of likely N-dealkylation sites (tertiary alicyclic amines) is 1. The molecule has 178 valence electrons. The maximum absolute atomic E-state index is 13.6. The number of hydrogen-bond acceptors (Lipinski definition) is 4. The van der Waals surface area contributed by atoms with Gasteiger partial charge in [0.05, 0.1) is 6.04 Å². The minimum atomic E-state index is -1.02. The van der Waals surface area contributed by atoms with Crippen molar-refractivity contribution in [3.8, 4) is 0 Å². The number of aromatic carboxylic acids is 1. The first-order valence-electron chi connectivity index (χ1n) is 12.0. The van der Waals surface area contributed by atoms with E-state index in [0.717, 1.165) is 35.7 Å². The van der Waals surface area contributed by atoms with Gasteiger partial charge < -0.3 is 14.8 Å². The number of ether oxygens (including phenoxy) is 1. The molecule has 2 atom stereocenters. The third-order valence-corrected chi connectivity index (χ3v) is 6.95. The fourth-order valence-corrected chi connectivity index (χ4v) is 5.52. The lowest BCUT2D eigenvalue weighted by atomic mass is 9.75. The third-order valence-electron chi connectivity index (χ3n) is 6.95. The molecular formula is C26H34N2O5. The quantitative estimate of drug-likeness (QED) is 0.648. The molecule has 4 rings (SSSR count). The van der Waals surface area contributed by atoms with Crippen LogP contribution in [0.5, 0.6) is 0 Å². The number of hydrogen-bond donors (Lipinski definition) is 2. The Labute approximate surface area is 194 Å². The predicted octanol–water partition coefficient (Wildman–Crippen LogP) is 5.18. The molecule has 1 aliphatic carbocycles. The predicted molar refractivity (Wildman–Crippen MR) is 125 cm³/mol. The highest BCUT2D eigenvalue weighted by molar-refractivity contribution is 5.95. The monoisotopic (exact) mass is 454 g/mol. The fraction of sp³-hybridized carbons (Fsp3) is 0.577. The van der Waals surface area contributed by atoms with Crippen molar-refractivity contribution in [3.05, 3.63) is 35.5 Å². The summed E-state index contributed by atoms with van der Waals surface area (Å²) in [6, 6.07) is 6.63. The van der Waals surface area contributed by atoms with Gasteiger partial charge in [0.25, 0.3) is 0 Å². The molecule has 7 nitrogen and oxygen atoms in total. The van der Waals surface area contributed by atoms with E-state index >= 15 is 0 Å². The summed E-state index contributed by atoms with van der Waals surface area (Å²) >= 11 is 0. The number of nitrogens with zero attached hydrogens (tertiary/aromatic N) is 1. The number of amides is 1. The first kappa shape index (κ1) is 23.3. The van der Waals surface area contributed by atoms with Gasteiger partial charge in [0.2, 0.25) is 0 Å². The maximum atomic E-state index is 13.6. The zero-order chi connectivity index (χ0) is 23.8. The lowest BCUT2D eigenvalue weighted by Gasteiger charge is -2.34. The van der Waals surface area contributed by atoms with Gasteiger partial charge in [-0.25, -0.2) is 9.59 Å². The molecule has 1 aromatic heterocycles. The minimum absolute atomic E-state index is 0.0299. The molecule has 7 heteroatoms. The molecule has 2 aliphatic rings. The van der Waals surface area contributed by atoms with Gasteiger partial charge in [0.15, 0.2) is 5.78 Å². The Morgan fingerprint density at radius 2 is 1.82 bits per heavy atom. The van der Waals surface area contributed by atoms with Crippen molar-refractivity contribution < 1.29 is 24.2 Å². The first-order valence-corrected chi connectivity index (χ1v) is 12.0. The summed E-state index contributed by atoms with van der Waals surface area (Å²) in [7, 11) is 0. The Morgan fingerprint density at radius 3 is 2.48 bits per heavy atom. The number of carbonyl (C=O) groups is 3. The second-order valence-electron chi connectivity index (χ2n) is 10.5. The van der Waals surface area contributed by atoms with Crippen LogP contribution in [0.4, 0.5) is 4.79 Å². The van der Waals surface area contributed by atoms with E-state index in [1.807, 2.05) is 39.0 Å². The largest absolute Gasteiger partial charge is 0.477 e. The van der Waals surface area contributed by atoms with E-state index in [-0.39, 0.29) is 23.8 Å². The first-order chi connectivity index (χ1) is 15.6. The molecule has 1 aliphatic heterocycles. The Hall–Kier alpha value is -2.83. The van der Waals surface area contributed by atoms with Crippen molar-refractivity contribution >= 4 is 28.7 Å². The molecule has 2 fully saturated rings. The normalized spacial score (nSPS) is 22.0. The van der Waals surface area contributed by atoms with E-state index in [1.54, 1.807) is 11.0 Å². The fourth-order valence-electron chi connectivity index (χ4n) is 5.52. The van der Waals surface area contributed by atoms with Crippen LogP contribution in [0, 0.1) is 11.8 Å². The molecule has 1 saturated heterocycles. The number of aromatic nitrogens is 1. The second kappa shape index (κ2) is 9.20. The molecule has 0 spiro atoms. The number of aromatic amines is 1. The minimum Gasteiger partial charge on any atom is -0.477 e. The molecule has 33 heavy (non-hydrogen) atoms. The van der Waals surface area contributed by atoms with Gasteiger partial charge in [-0.15, -0.1) is 0 Å². The molecule has 0 radical (unpaired) electrons. The number of carbonyl (C=O) groups excluding carboxylic acids is 2. The summed E-state index contributed by atoms with van der Waals surface area (Å²) in [5.41, 5.74) is 1.05. The van der Waals surface area contributed by atoms with Crippen LogP contribution in [-0.2, 0) is 16.0 Å². The highest BCUT2D eigenvalue weighted by Crippen LogP contribution is 2.40. The van der Waals surface area contributed by atoms with Crippen molar-refractivity contribution in [1.82, 2.24) is 9.88 Å². The average Bonchev–Trinajstić information content (AvgIpc) is 3.37. The highest BCUT2D eigenvalue weighted by atomic mass is 16.6. The topological polar surface area (TPSA) is 99.7 Å². The van der Waals surface area contributed by atoms with Gasteiger partial charge in [-0.2, -0.15) is 0 Å². The van der Waals surface area contributed by atoms with E-state index in [2.05, 4.69) is 4.98 Å². The molecule has 2 aromatic rings. The van der Waals surface area contributed by atoms with Gasteiger partial charge in [0, 0.05) is 23.9 Å². The molecule has 2 heterocycles. The van der Waals surface area contributed by atoms with Crippen LogP contribution in [-0.4, -0.2) is 51.0 Å². The molecule has 1 saturated carbocycles. The molecule has 1 amide bonds. The number of carboxylic acids is 1. The Kier molecular flexibility index (Phi) is 6.50. The van der Waals surface area contributed by atoms with E-state index in [4.69, 9.17) is 4.74 Å². The van der Waals surface area contributed by atoms with Crippen LogP contribution < -0.4 is 0 Å². The highest BCUT2D eigenvalue weighted by Gasteiger charge is 2.46. The number of H-pyrrole nitrogens is 1. The molecular weight excluding hydrogens is 420 g/mol. The lowest BCUT2D eigenvalue weighted by molar-refractivity contribution is -0.124. The van der Waals surface area contributed by atoms with Crippen molar-refractivity contribution in [2.45, 2.75) is 77.4 Å². The van der Waals surface area contributed by atoms with Crippen LogP contribution in [0.3, 0.4) is 0 Å². The van der Waals surface area contributed by atoms with Crippen molar-refractivity contribution in [2.75, 3.05) is 6.54 Å². The van der Waals surface area contributed by atoms with Crippen LogP contribution in [0.15, 0.2) is 24.3 Å². The van der Waals surface area contributed by atoms with Gasteiger partial charge >= 0.3 is 12.1 Å². The Bertz CT molecular complexity index is 1040. The number of benzene rings is 1. The van der Waals surface area contributed by atoms with Crippen LogP contribution in [0.2, 0.25) is 0 Å². The number of Topliss-reactive ketones (excluding diaryl/α,β-unsaturated/α-hetero) is 1. The Morgan fingerprint density at radius 1 is 1.09 bits per heavy atom. The van der Waals surface area contributed by atoms with Gasteiger partial charge in [-0.05, 0) is 62.8 Å². The standard InChI is InChI=1S/C26H34N2O5/c1-26(2,3)33-25(32)28-12-11-19(17-7-5-4-6-8-17)23(28)22(29)14-16-9-10-20-18(13-16)15-21(27-20)24(30)31/h9-10,13,15,17,19,23,27H,4-8,11-12,14H2,1-3H3,(H,30,31)/t19-,23-/m0/s1. The molecule has 0 bridgehead atoms. The summed E-state index contributed by atoms with van der Waals surface area (Å²) in [6.07, 6.45) is 6.47. The summed E-state index contributed by atoms with van der Waals surface area (Å²) in [5, 5.41) is 9.99. The SMILES string of the molecule is CC(C)(C)OC(=O)N1CC[C@@H](C2CCCCC2)[C@H]1C(=O)Cc1ccc2[nH]c(C(=O)O)cc2c1. The van der Waals surface area contributed by atoms with E-state index in [0.29, 0.717) is 12.5 Å². The number of nitrogens with one attached hydrogen (secondary N) is 1. The smallest absolute Gasteiger partial charge is 0.410 e. The van der Waals surface area contributed by atoms with Crippen molar-refractivity contribution in [1.29, 1.82) is 0 Å². The maximum Gasteiger partial charge on any atom is 0.410 e. The van der Waals surface area contributed by atoms with E-state index in [1.165, 1.54) is 19.3 Å². The number of fused-ring (bicyclic) bond motifs is 1.